The summed E-state index contributed by atoms with van der Waals surface area (Å²) in [5.41, 5.74) is 1.21. The standard InChI is InChI=1S/C28H31N3O5/c1-3-4-17-36-23-8-5-7-21(18-23)25-24(26(32)20-9-11-22(35-2)12-10-20)27(33)28(34)31(25)15-6-14-30-16-13-29-19-30/h5,7-13,16,18-19,25,32H,3-4,6,14-15,17H2,1-2H3/b26-24+. The first kappa shape index (κ1) is 25.0. The summed E-state index contributed by atoms with van der Waals surface area (Å²) in [7, 11) is 1.56. The quantitative estimate of drug-likeness (QED) is 0.183. The van der Waals surface area contributed by atoms with Crippen LogP contribution in [0.2, 0.25) is 0 Å². The van der Waals surface area contributed by atoms with E-state index in [0.717, 1.165) is 12.8 Å². The zero-order chi connectivity index (χ0) is 25.5. The molecule has 4 rings (SSSR count). The zero-order valence-corrected chi connectivity index (χ0v) is 20.6. The van der Waals surface area contributed by atoms with Crippen LogP contribution in [0.15, 0.2) is 72.8 Å². The van der Waals surface area contributed by atoms with E-state index in [2.05, 4.69) is 11.9 Å². The van der Waals surface area contributed by atoms with E-state index in [-0.39, 0.29) is 11.3 Å². The van der Waals surface area contributed by atoms with Crippen molar-refractivity contribution in [2.24, 2.45) is 0 Å². The van der Waals surface area contributed by atoms with Crippen LogP contribution in [0, 0.1) is 0 Å². The Morgan fingerprint density at radius 1 is 1.06 bits per heavy atom. The van der Waals surface area contributed by atoms with Gasteiger partial charge in [0.15, 0.2) is 0 Å². The van der Waals surface area contributed by atoms with Crippen LogP contribution < -0.4 is 9.47 Å². The number of carbonyl (C=O) groups excluding carboxylic acids is 2. The number of aryl methyl sites for hydroxylation is 1. The monoisotopic (exact) mass is 489 g/mol. The lowest BCUT2D eigenvalue weighted by molar-refractivity contribution is -0.139. The minimum atomic E-state index is -0.732. The molecule has 8 heteroatoms. The zero-order valence-electron chi connectivity index (χ0n) is 20.6. The number of hydrogen-bond donors (Lipinski definition) is 1. The molecule has 188 valence electrons. The van der Waals surface area contributed by atoms with Gasteiger partial charge < -0.3 is 24.0 Å². The molecule has 1 aromatic heterocycles. The minimum Gasteiger partial charge on any atom is -0.507 e. The Labute approximate surface area is 210 Å². The van der Waals surface area contributed by atoms with Crippen molar-refractivity contribution in [2.75, 3.05) is 20.3 Å². The van der Waals surface area contributed by atoms with Crippen LogP contribution in [-0.4, -0.2) is 51.5 Å². The number of carbonyl (C=O) groups is 2. The number of methoxy groups -OCH3 is 1. The first-order chi connectivity index (χ1) is 17.5. The average Bonchev–Trinajstić information content (AvgIpc) is 3.51. The van der Waals surface area contributed by atoms with E-state index in [4.69, 9.17) is 9.47 Å². The van der Waals surface area contributed by atoms with E-state index in [1.165, 1.54) is 0 Å². The third-order valence-electron chi connectivity index (χ3n) is 6.22. The molecule has 8 nitrogen and oxygen atoms in total. The summed E-state index contributed by atoms with van der Waals surface area (Å²) in [4.78, 5) is 32.0. The summed E-state index contributed by atoms with van der Waals surface area (Å²) < 4.78 is 13.0. The summed E-state index contributed by atoms with van der Waals surface area (Å²) in [5.74, 6) is -0.254. The molecular weight excluding hydrogens is 458 g/mol. The molecule has 3 aromatic rings. The second-order valence-electron chi connectivity index (χ2n) is 8.65. The number of rotatable bonds is 11. The number of amides is 1. The van der Waals surface area contributed by atoms with Gasteiger partial charge in [0, 0.05) is 31.0 Å². The SMILES string of the molecule is CCCCOc1cccc(C2/C(=C(\O)c3ccc(OC)cc3)C(=O)C(=O)N2CCCn2ccnc2)c1. The van der Waals surface area contributed by atoms with Gasteiger partial charge in [-0.2, -0.15) is 0 Å². The first-order valence-electron chi connectivity index (χ1n) is 12.1. The highest BCUT2D eigenvalue weighted by Crippen LogP contribution is 2.40. The molecule has 1 N–H and O–H groups in total. The van der Waals surface area contributed by atoms with Gasteiger partial charge in [-0.3, -0.25) is 9.59 Å². The fraction of sp³-hybridized carbons (Fsp3) is 0.321. The van der Waals surface area contributed by atoms with Gasteiger partial charge in [-0.25, -0.2) is 4.98 Å². The van der Waals surface area contributed by atoms with Crippen molar-refractivity contribution < 1.29 is 24.2 Å². The van der Waals surface area contributed by atoms with Crippen molar-refractivity contribution in [2.45, 2.75) is 38.8 Å². The Kier molecular flexibility index (Phi) is 8.05. The molecule has 1 amide bonds. The third kappa shape index (κ3) is 5.43. The largest absolute Gasteiger partial charge is 0.507 e. The van der Waals surface area contributed by atoms with Crippen LogP contribution in [0.4, 0.5) is 0 Å². The molecule has 0 bridgehead atoms. The molecule has 0 aliphatic carbocycles. The lowest BCUT2D eigenvalue weighted by Crippen LogP contribution is -2.31. The smallest absolute Gasteiger partial charge is 0.295 e. The van der Waals surface area contributed by atoms with Crippen LogP contribution in [0.25, 0.3) is 5.76 Å². The lowest BCUT2D eigenvalue weighted by atomic mass is 9.95. The van der Waals surface area contributed by atoms with Gasteiger partial charge in [0.2, 0.25) is 0 Å². The van der Waals surface area contributed by atoms with E-state index >= 15 is 0 Å². The number of imidazole rings is 1. The Balaban J connectivity index is 1.71. The van der Waals surface area contributed by atoms with Gasteiger partial charge >= 0.3 is 0 Å². The molecule has 1 aliphatic heterocycles. The molecule has 0 radical (unpaired) electrons. The number of ketones is 1. The fourth-order valence-electron chi connectivity index (χ4n) is 4.31. The summed E-state index contributed by atoms with van der Waals surface area (Å²) in [5, 5.41) is 11.2. The van der Waals surface area contributed by atoms with Crippen molar-refractivity contribution >= 4 is 17.4 Å². The predicted octanol–water partition coefficient (Wildman–Crippen LogP) is 4.58. The Bertz CT molecular complexity index is 1220. The molecule has 2 aromatic carbocycles. The van der Waals surface area contributed by atoms with E-state index in [1.54, 1.807) is 48.8 Å². The Morgan fingerprint density at radius 2 is 1.86 bits per heavy atom. The number of hydrogen-bond acceptors (Lipinski definition) is 6. The molecule has 0 spiro atoms. The summed E-state index contributed by atoms with van der Waals surface area (Å²) in [6.45, 7) is 3.66. The number of aromatic nitrogens is 2. The number of nitrogens with zero attached hydrogens (tertiary/aromatic N) is 3. The van der Waals surface area contributed by atoms with Gasteiger partial charge in [0.25, 0.3) is 11.7 Å². The van der Waals surface area contributed by atoms with E-state index in [1.807, 2.05) is 35.0 Å². The highest BCUT2D eigenvalue weighted by Gasteiger charge is 2.45. The van der Waals surface area contributed by atoms with E-state index in [9.17, 15) is 14.7 Å². The summed E-state index contributed by atoms with van der Waals surface area (Å²) in [6.07, 6.45) is 7.83. The first-order valence-corrected chi connectivity index (χ1v) is 12.1. The summed E-state index contributed by atoms with van der Waals surface area (Å²) in [6, 6.07) is 13.4. The number of ether oxygens (including phenoxy) is 2. The molecule has 36 heavy (non-hydrogen) atoms. The molecule has 1 unspecified atom stereocenters. The van der Waals surface area contributed by atoms with Crippen LogP contribution in [-0.2, 0) is 16.1 Å². The van der Waals surface area contributed by atoms with Gasteiger partial charge in [0.05, 0.1) is 31.7 Å². The van der Waals surface area contributed by atoms with Gasteiger partial charge in [0.1, 0.15) is 17.3 Å². The fourth-order valence-corrected chi connectivity index (χ4v) is 4.31. The second kappa shape index (κ2) is 11.6. The Morgan fingerprint density at radius 3 is 2.56 bits per heavy atom. The number of unbranched alkanes of at least 4 members (excludes halogenated alkanes) is 1. The average molecular weight is 490 g/mol. The number of aliphatic hydroxyl groups excluding tert-OH is 1. The molecule has 2 heterocycles. The molecule has 1 aliphatic rings. The number of likely N-dealkylation sites (tertiary alicyclic amines) is 1. The van der Waals surface area contributed by atoms with Crippen LogP contribution in [0.5, 0.6) is 11.5 Å². The van der Waals surface area contributed by atoms with Crippen LogP contribution >= 0.6 is 0 Å². The molecule has 1 saturated heterocycles. The van der Waals surface area contributed by atoms with Gasteiger partial charge in [-0.1, -0.05) is 25.5 Å². The van der Waals surface area contributed by atoms with E-state index in [0.29, 0.717) is 48.7 Å². The van der Waals surface area contributed by atoms with Crippen LogP contribution in [0.3, 0.4) is 0 Å². The second-order valence-corrected chi connectivity index (χ2v) is 8.65. The normalized spacial score (nSPS) is 16.9. The summed E-state index contributed by atoms with van der Waals surface area (Å²) >= 11 is 0. The maximum Gasteiger partial charge on any atom is 0.295 e. The predicted molar refractivity (Wildman–Crippen MR) is 136 cm³/mol. The van der Waals surface area contributed by atoms with Crippen molar-refractivity contribution in [3.8, 4) is 11.5 Å². The molecule has 0 saturated carbocycles. The van der Waals surface area contributed by atoms with Gasteiger partial charge in [-0.05, 0) is 54.8 Å². The highest BCUT2D eigenvalue weighted by atomic mass is 16.5. The van der Waals surface area contributed by atoms with Crippen molar-refractivity contribution in [3.05, 3.63) is 84.0 Å². The number of benzene rings is 2. The maximum atomic E-state index is 13.2. The maximum absolute atomic E-state index is 13.2. The van der Waals surface area contributed by atoms with Crippen molar-refractivity contribution in [1.29, 1.82) is 0 Å². The lowest BCUT2D eigenvalue weighted by Gasteiger charge is -2.26. The Hall–Kier alpha value is -4.07. The topological polar surface area (TPSA) is 93.9 Å². The van der Waals surface area contributed by atoms with Crippen molar-refractivity contribution in [1.82, 2.24) is 14.5 Å². The molecular formula is C28H31N3O5. The third-order valence-corrected chi connectivity index (χ3v) is 6.22. The molecule has 1 fully saturated rings. The van der Waals surface area contributed by atoms with Crippen LogP contribution in [0.1, 0.15) is 43.4 Å². The van der Waals surface area contributed by atoms with Gasteiger partial charge in [-0.15, -0.1) is 0 Å². The number of Topliss-reactive ketones (excluding diaryl/α,β-unsaturated/α-hetero) is 1. The van der Waals surface area contributed by atoms with E-state index < -0.39 is 17.7 Å². The minimum absolute atomic E-state index is 0.0681. The number of aliphatic hydroxyl groups is 1. The highest BCUT2D eigenvalue weighted by molar-refractivity contribution is 6.46. The molecule has 1 atom stereocenters. The van der Waals surface area contributed by atoms with Crippen molar-refractivity contribution in [3.63, 3.8) is 0 Å².